The first-order valence-electron chi connectivity index (χ1n) is 9.21. The minimum absolute atomic E-state index is 0.00755. The Morgan fingerprint density at radius 2 is 2.00 bits per heavy atom. The molecule has 1 unspecified atom stereocenters. The number of ether oxygens (including phenoxy) is 2. The molecule has 1 heterocycles. The van der Waals surface area contributed by atoms with E-state index in [2.05, 4.69) is 17.1 Å². The second kappa shape index (κ2) is 7.31. The Bertz CT molecular complexity index is 1050. The summed E-state index contributed by atoms with van der Waals surface area (Å²) in [6.07, 6.45) is 2.80. The van der Waals surface area contributed by atoms with Crippen molar-refractivity contribution in [3.05, 3.63) is 71.0 Å². The van der Waals surface area contributed by atoms with E-state index < -0.39 is 0 Å². The van der Waals surface area contributed by atoms with Gasteiger partial charge >= 0.3 is 0 Å². The Labute approximate surface area is 163 Å². The number of methoxy groups -OCH3 is 1. The lowest BCUT2D eigenvalue weighted by Crippen LogP contribution is -2.25. The minimum atomic E-state index is -0.196. The van der Waals surface area contributed by atoms with Crippen LogP contribution >= 0.6 is 0 Å². The van der Waals surface area contributed by atoms with Crippen molar-refractivity contribution in [3.63, 3.8) is 0 Å². The lowest BCUT2D eigenvalue weighted by Gasteiger charge is -2.23. The summed E-state index contributed by atoms with van der Waals surface area (Å²) < 4.78 is 11.7. The number of aromatic amines is 1. The van der Waals surface area contributed by atoms with Crippen molar-refractivity contribution in [2.45, 2.75) is 25.7 Å². The predicted molar refractivity (Wildman–Crippen MR) is 106 cm³/mol. The summed E-state index contributed by atoms with van der Waals surface area (Å²) in [7, 11) is 1.60. The summed E-state index contributed by atoms with van der Waals surface area (Å²) >= 11 is 0. The number of para-hydroxylation sites is 1. The number of aromatic nitrogens is 2. The van der Waals surface area contributed by atoms with Gasteiger partial charge in [-0.15, -0.1) is 0 Å². The molecule has 0 aliphatic heterocycles. The van der Waals surface area contributed by atoms with Gasteiger partial charge in [0.25, 0.3) is 0 Å². The molecule has 0 saturated heterocycles. The van der Waals surface area contributed by atoms with Gasteiger partial charge in [-0.2, -0.15) is 5.10 Å². The molecule has 3 aromatic rings. The lowest BCUT2D eigenvalue weighted by molar-refractivity contribution is -0.113. The Hall–Kier alpha value is -3.41. The van der Waals surface area contributed by atoms with E-state index in [9.17, 15) is 4.79 Å². The summed E-state index contributed by atoms with van der Waals surface area (Å²) in [4.78, 5) is 12.2. The topological polar surface area (TPSA) is 88.1 Å². The van der Waals surface area contributed by atoms with Gasteiger partial charge in [0.05, 0.1) is 19.0 Å². The van der Waals surface area contributed by atoms with Crippen molar-refractivity contribution >= 4 is 11.5 Å². The number of nitrogens with one attached hydrogen (secondary N) is 2. The number of Topliss-reactive ketones (excluding diaryl/α,β-unsaturated/α-hetero) is 1. The number of benzene rings is 2. The van der Waals surface area contributed by atoms with Crippen molar-refractivity contribution in [2.75, 3.05) is 7.11 Å². The van der Waals surface area contributed by atoms with Crippen LogP contribution in [0, 0.1) is 5.41 Å². The molecular weight excluding hydrogens is 354 g/mol. The molecule has 1 aliphatic rings. The molecule has 4 rings (SSSR count). The summed E-state index contributed by atoms with van der Waals surface area (Å²) in [6, 6.07) is 13.6. The number of hydrogen-bond acceptors (Lipinski definition) is 5. The van der Waals surface area contributed by atoms with Crippen LogP contribution in [0.4, 0.5) is 0 Å². The molecule has 0 spiro atoms. The highest BCUT2D eigenvalue weighted by molar-refractivity contribution is 6.45. The molecule has 2 N–H and O–H groups in total. The molecule has 28 heavy (non-hydrogen) atoms. The van der Waals surface area contributed by atoms with Crippen LogP contribution in [-0.4, -0.2) is 28.8 Å². The third-order valence-corrected chi connectivity index (χ3v) is 5.13. The molecule has 6 nitrogen and oxygen atoms in total. The molecule has 2 aromatic carbocycles. The molecule has 0 bridgehead atoms. The van der Waals surface area contributed by atoms with Crippen LogP contribution < -0.4 is 9.47 Å². The molecule has 1 aliphatic carbocycles. The highest BCUT2D eigenvalue weighted by atomic mass is 16.5. The van der Waals surface area contributed by atoms with Gasteiger partial charge in [0.15, 0.2) is 17.3 Å². The van der Waals surface area contributed by atoms with Crippen LogP contribution in [-0.2, 0) is 11.2 Å². The fraction of sp³-hybridized carbons (Fsp3) is 0.227. The van der Waals surface area contributed by atoms with Crippen LogP contribution in [0.1, 0.15) is 41.6 Å². The van der Waals surface area contributed by atoms with Gasteiger partial charge in [0.2, 0.25) is 0 Å². The Kier molecular flexibility index (Phi) is 4.69. The highest BCUT2D eigenvalue weighted by Crippen LogP contribution is 2.40. The second-order valence-electron chi connectivity index (χ2n) is 6.73. The van der Waals surface area contributed by atoms with Gasteiger partial charge in [-0.1, -0.05) is 31.2 Å². The van der Waals surface area contributed by atoms with Crippen LogP contribution in [0.5, 0.6) is 17.2 Å². The fourth-order valence-corrected chi connectivity index (χ4v) is 3.59. The first-order valence-corrected chi connectivity index (χ1v) is 9.21. The van der Waals surface area contributed by atoms with Crippen molar-refractivity contribution in [1.29, 1.82) is 5.41 Å². The molecule has 6 heteroatoms. The van der Waals surface area contributed by atoms with Crippen LogP contribution in [0.15, 0.2) is 48.7 Å². The lowest BCUT2D eigenvalue weighted by atomic mass is 9.80. The summed E-state index contributed by atoms with van der Waals surface area (Å²) in [5, 5.41) is 14.8. The fourth-order valence-electron chi connectivity index (χ4n) is 3.59. The van der Waals surface area contributed by atoms with Crippen molar-refractivity contribution in [1.82, 2.24) is 10.2 Å². The average Bonchev–Trinajstić information content (AvgIpc) is 3.21. The van der Waals surface area contributed by atoms with E-state index >= 15 is 0 Å². The van der Waals surface area contributed by atoms with E-state index in [1.54, 1.807) is 13.3 Å². The third-order valence-electron chi connectivity index (χ3n) is 5.13. The zero-order chi connectivity index (χ0) is 19.7. The second-order valence-corrected chi connectivity index (χ2v) is 6.73. The number of carbonyl (C=O) groups is 1. The van der Waals surface area contributed by atoms with E-state index in [0.29, 0.717) is 17.2 Å². The standard InChI is InChI=1S/C22H21N3O3/c1-3-13-6-4-5-7-18(13)28-19-9-8-14(10-20(19)27-2)15-11-17(26)21(23)22-16(15)12-24-25-22/h4-10,12,15,23H,3,11H2,1-2H3,(H,24,25). The molecule has 1 aromatic heterocycles. The average molecular weight is 375 g/mol. The van der Waals surface area contributed by atoms with E-state index in [4.69, 9.17) is 14.9 Å². The largest absolute Gasteiger partial charge is 0.493 e. The molecule has 0 radical (unpaired) electrons. The number of carbonyl (C=O) groups excluding carboxylic acids is 1. The number of aryl methyl sites for hydroxylation is 1. The van der Waals surface area contributed by atoms with Crippen molar-refractivity contribution in [2.24, 2.45) is 0 Å². The number of ketones is 1. The first-order chi connectivity index (χ1) is 13.6. The molecule has 0 saturated carbocycles. The molecule has 0 fully saturated rings. The van der Waals surface area contributed by atoms with Gasteiger partial charge in [0, 0.05) is 17.9 Å². The predicted octanol–water partition coefficient (Wildman–Crippen LogP) is 4.25. The zero-order valence-electron chi connectivity index (χ0n) is 15.8. The highest BCUT2D eigenvalue weighted by Gasteiger charge is 2.32. The number of H-pyrrole nitrogens is 1. The van der Waals surface area contributed by atoms with Gasteiger partial charge in [-0.25, -0.2) is 0 Å². The maximum Gasteiger partial charge on any atom is 0.183 e. The minimum Gasteiger partial charge on any atom is -0.493 e. The third kappa shape index (κ3) is 3.07. The van der Waals surface area contributed by atoms with Crippen LogP contribution in [0.2, 0.25) is 0 Å². The van der Waals surface area contributed by atoms with Gasteiger partial charge in [0.1, 0.15) is 11.5 Å². The van der Waals surface area contributed by atoms with Gasteiger partial charge in [-0.3, -0.25) is 15.3 Å². The normalized spacial score (nSPS) is 16.0. The maximum atomic E-state index is 12.2. The van der Waals surface area contributed by atoms with Crippen molar-refractivity contribution < 1.29 is 14.3 Å². The number of hydrogen-bond donors (Lipinski definition) is 2. The molecular formula is C22H21N3O3. The SMILES string of the molecule is CCc1ccccc1Oc1ccc(C2CC(=O)C(=N)c3[nH]ncc32)cc1OC. The Balaban J connectivity index is 1.69. The summed E-state index contributed by atoms with van der Waals surface area (Å²) in [6.45, 7) is 2.09. The zero-order valence-corrected chi connectivity index (χ0v) is 15.8. The summed E-state index contributed by atoms with van der Waals surface area (Å²) in [5.74, 6) is 1.66. The molecule has 0 amide bonds. The van der Waals surface area contributed by atoms with Gasteiger partial charge in [-0.05, 0) is 35.7 Å². The van der Waals surface area contributed by atoms with Crippen molar-refractivity contribution in [3.8, 4) is 17.2 Å². The first kappa shape index (κ1) is 18.0. The van der Waals surface area contributed by atoms with E-state index in [-0.39, 0.29) is 23.8 Å². The number of fused-ring (bicyclic) bond motifs is 1. The molecule has 142 valence electrons. The van der Waals surface area contributed by atoms with Gasteiger partial charge < -0.3 is 9.47 Å². The number of nitrogens with zero attached hydrogens (tertiary/aromatic N) is 1. The Morgan fingerprint density at radius 3 is 2.79 bits per heavy atom. The summed E-state index contributed by atoms with van der Waals surface area (Å²) in [5.41, 5.74) is 3.39. The Morgan fingerprint density at radius 1 is 1.18 bits per heavy atom. The van der Waals surface area contributed by atoms with E-state index in [1.165, 1.54) is 0 Å². The monoisotopic (exact) mass is 375 g/mol. The van der Waals surface area contributed by atoms with E-state index in [1.807, 2.05) is 42.5 Å². The number of rotatable bonds is 5. The quantitative estimate of drug-likeness (QED) is 0.698. The van der Waals surface area contributed by atoms with Crippen LogP contribution in [0.3, 0.4) is 0 Å². The van der Waals surface area contributed by atoms with E-state index in [0.717, 1.165) is 28.9 Å². The smallest absolute Gasteiger partial charge is 0.183 e. The molecule has 1 atom stereocenters. The maximum absolute atomic E-state index is 12.2. The van der Waals surface area contributed by atoms with Crippen LogP contribution in [0.25, 0.3) is 0 Å².